The van der Waals surface area contributed by atoms with Gasteiger partial charge in [0, 0.05) is 5.56 Å². The summed E-state index contributed by atoms with van der Waals surface area (Å²) >= 11 is 5.91. The zero-order valence-electron chi connectivity index (χ0n) is 16.4. The first-order valence-corrected chi connectivity index (χ1v) is 12.6. The van der Waals surface area contributed by atoms with Gasteiger partial charge in [-0.1, -0.05) is 38.4 Å². The molecule has 0 N–H and O–H groups in total. The summed E-state index contributed by atoms with van der Waals surface area (Å²) in [5.74, 6) is -0.493. The maximum atomic E-state index is 13.5. The molecule has 0 saturated heterocycles. The Balaban J connectivity index is 3.23. The molecule has 0 radical (unpaired) electrons. The summed E-state index contributed by atoms with van der Waals surface area (Å²) in [4.78, 5) is 0. The first-order valence-electron chi connectivity index (χ1n) is 8.24. The molecule has 7 heteroatoms. The Kier molecular flexibility index (Phi) is 7.18. The van der Waals surface area contributed by atoms with Crippen LogP contribution >= 0.6 is 11.6 Å². The zero-order chi connectivity index (χ0) is 19.6. The summed E-state index contributed by atoms with van der Waals surface area (Å²) in [6.07, 6.45) is 0. The third-order valence-corrected chi connectivity index (χ3v) is 10.5. The number of rotatable bonds is 5. The average Bonchev–Trinajstić information content (AvgIpc) is 2.44. The van der Waals surface area contributed by atoms with E-state index < -0.39 is 29.9 Å². The minimum absolute atomic E-state index is 0.0130. The summed E-state index contributed by atoms with van der Waals surface area (Å²) in [6.45, 7) is 16.5. The Morgan fingerprint density at radius 2 is 1.80 bits per heavy atom. The largest absolute Gasteiger partial charge is 0.411 e. The fourth-order valence-electron chi connectivity index (χ4n) is 1.54. The predicted octanol–water partition coefficient (Wildman–Crippen LogP) is 5.75. The predicted molar refractivity (Wildman–Crippen MR) is 109 cm³/mol. The van der Waals surface area contributed by atoms with Crippen LogP contribution in [-0.4, -0.2) is 29.6 Å². The number of hydrogen-bond donors (Lipinski definition) is 0. The molecule has 0 aromatic heterocycles. The molecular formula is C18H29ClFNO2SSi. The second-order valence-corrected chi connectivity index (χ2v) is 15.7. The van der Waals surface area contributed by atoms with E-state index in [1.807, 2.05) is 20.8 Å². The van der Waals surface area contributed by atoms with Gasteiger partial charge < -0.3 is 4.43 Å². The highest BCUT2D eigenvalue weighted by molar-refractivity contribution is 7.85. The van der Waals surface area contributed by atoms with Crippen LogP contribution in [-0.2, 0) is 15.4 Å². The molecule has 3 nitrogen and oxygen atoms in total. The van der Waals surface area contributed by atoms with Crippen LogP contribution in [0.5, 0.6) is 0 Å². The van der Waals surface area contributed by atoms with Crippen LogP contribution in [0.2, 0.25) is 23.2 Å². The Hall–Kier alpha value is -0.563. The van der Waals surface area contributed by atoms with Crippen molar-refractivity contribution in [1.82, 2.24) is 0 Å². The van der Waals surface area contributed by atoms with E-state index >= 15 is 0 Å². The average molecular weight is 406 g/mol. The Labute approximate surface area is 159 Å². The van der Waals surface area contributed by atoms with E-state index in [2.05, 4.69) is 38.3 Å². The molecule has 142 valence electrons. The maximum Gasteiger partial charge on any atom is 0.192 e. The van der Waals surface area contributed by atoms with Gasteiger partial charge in [-0.05, 0) is 51.0 Å². The number of hydrogen-bond acceptors (Lipinski definition) is 2. The van der Waals surface area contributed by atoms with Crippen molar-refractivity contribution in [2.24, 2.45) is 4.40 Å². The van der Waals surface area contributed by atoms with Crippen LogP contribution < -0.4 is 0 Å². The topological polar surface area (TPSA) is 38.7 Å². The van der Waals surface area contributed by atoms with E-state index in [-0.39, 0.29) is 16.7 Å². The smallest absolute Gasteiger partial charge is 0.192 e. The van der Waals surface area contributed by atoms with Crippen LogP contribution in [0.4, 0.5) is 4.39 Å². The molecule has 1 aromatic rings. The van der Waals surface area contributed by atoms with Crippen molar-refractivity contribution in [3.8, 4) is 0 Å². The molecule has 0 bridgehead atoms. The minimum Gasteiger partial charge on any atom is -0.411 e. The fraction of sp³-hybridized carbons (Fsp3) is 0.611. The van der Waals surface area contributed by atoms with Gasteiger partial charge in [0.1, 0.15) is 16.8 Å². The Bertz CT molecular complexity index is 679. The molecule has 0 amide bonds. The second-order valence-electron chi connectivity index (χ2n) is 8.58. The highest BCUT2D eigenvalue weighted by Gasteiger charge is 2.37. The van der Waals surface area contributed by atoms with Gasteiger partial charge in [0.15, 0.2) is 8.32 Å². The standard InChI is InChI=1S/C18H29ClFNO2SSi/c1-17(2,3)24(22)21-16(12-23-25(7,8)18(4,5)6)13-9-10-15(20)14(19)11-13/h9-11H,12H2,1-8H3/b21-16-/t24-/m1/s1. The Morgan fingerprint density at radius 3 is 2.24 bits per heavy atom. The molecule has 1 rings (SSSR count). The van der Waals surface area contributed by atoms with Gasteiger partial charge in [-0.3, -0.25) is 0 Å². The summed E-state index contributed by atoms with van der Waals surface area (Å²) in [6, 6.07) is 4.39. The third-order valence-electron chi connectivity index (χ3n) is 4.35. The van der Waals surface area contributed by atoms with Gasteiger partial charge >= 0.3 is 0 Å². The van der Waals surface area contributed by atoms with Gasteiger partial charge in [0.25, 0.3) is 0 Å². The molecule has 0 unspecified atom stereocenters. The lowest BCUT2D eigenvalue weighted by atomic mass is 10.1. The molecule has 0 heterocycles. The molecule has 0 aliphatic heterocycles. The maximum absolute atomic E-state index is 13.5. The van der Waals surface area contributed by atoms with Crippen molar-refractivity contribution in [3.05, 3.63) is 34.6 Å². The minimum atomic E-state index is -2.01. The molecular weight excluding hydrogens is 377 g/mol. The summed E-state index contributed by atoms with van der Waals surface area (Å²) < 4.78 is 36.1. The van der Waals surface area contributed by atoms with Crippen LogP contribution in [0.3, 0.4) is 0 Å². The molecule has 0 saturated carbocycles. The van der Waals surface area contributed by atoms with E-state index in [1.165, 1.54) is 12.1 Å². The number of nitrogens with zero attached hydrogens (tertiary/aromatic N) is 1. The Morgan fingerprint density at radius 1 is 1.24 bits per heavy atom. The molecule has 1 aromatic carbocycles. The van der Waals surface area contributed by atoms with Gasteiger partial charge in [0.05, 0.1) is 22.1 Å². The highest BCUT2D eigenvalue weighted by Crippen LogP contribution is 2.36. The van der Waals surface area contributed by atoms with Crippen molar-refractivity contribution >= 4 is 36.6 Å². The molecule has 0 spiro atoms. The summed E-state index contributed by atoms with van der Waals surface area (Å²) in [5, 5.41) is 0.0564. The van der Waals surface area contributed by atoms with Gasteiger partial charge in [0.2, 0.25) is 0 Å². The highest BCUT2D eigenvalue weighted by atomic mass is 35.5. The van der Waals surface area contributed by atoms with E-state index in [9.17, 15) is 8.60 Å². The molecule has 0 aliphatic carbocycles. The fourth-order valence-corrected chi connectivity index (χ4v) is 3.28. The SMILES string of the molecule is CC(C)(C)[S@@](=O)/N=C(/CO[Si](C)(C)C(C)(C)C)c1ccc(F)c(Cl)c1. The molecule has 25 heavy (non-hydrogen) atoms. The van der Waals surface area contributed by atoms with Crippen LogP contribution in [0.1, 0.15) is 47.1 Å². The first kappa shape index (κ1) is 22.5. The third kappa shape index (κ3) is 6.27. The normalized spacial score (nSPS) is 15.4. The zero-order valence-corrected chi connectivity index (χ0v) is 18.9. The van der Waals surface area contributed by atoms with Gasteiger partial charge in [-0.25, -0.2) is 8.60 Å². The van der Waals surface area contributed by atoms with Gasteiger partial charge in [-0.2, -0.15) is 4.40 Å². The number of benzene rings is 1. The van der Waals surface area contributed by atoms with Crippen molar-refractivity contribution < 1.29 is 13.0 Å². The van der Waals surface area contributed by atoms with Crippen molar-refractivity contribution in [2.75, 3.05) is 6.61 Å². The van der Waals surface area contributed by atoms with E-state index in [1.54, 1.807) is 6.07 Å². The molecule has 1 atom stereocenters. The van der Waals surface area contributed by atoms with Crippen molar-refractivity contribution in [3.63, 3.8) is 0 Å². The van der Waals surface area contributed by atoms with Crippen molar-refractivity contribution in [1.29, 1.82) is 0 Å². The lowest BCUT2D eigenvalue weighted by Gasteiger charge is -2.36. The van der Waals surface area contributed by atoms with E-state index in [0.717, 1.165) is 0 Å². The second kappa shape index (κ2) is 7.99. The lowest BCUT2D eigenvalue weighted by Crippen LogP contribution is -2.42. The van der Waals surface area contributed by atoms with E-state index in [4.69, 9.17) is 16.0 Å². The van der Waals surface area contributed by atoms with Crippen LogP contribution in [0.15, 0.2) is 22.6 Å². The molecule has 0 fully saturated rings. The summed E-state index contributed by atoms with van der Waals surface area (Å²) in [7, 11) is -3.45. The lowest BCUT2D eigenvalue weighted by molar-refractivity contribution is 0.340. The number of halogens is 2. The first-order chi connectivity index (χ1) is 11.1. The monoisotopic (exact) mass is 405 g/mol. The van der Waals surface area contributed by atoms with E-state index in [0.29, 0.717) is 11.3 Å². The summed E-state index contributed by atoms with van der Waals surface area (Å²) in [5.41, 5.74) is 1.16. The van der Waals surface area contributed by atoms with Crippen LogP contribution in [0, 0.1) is 5.82 Å². The van der Waals surface area contributed by atoms with Crippen LogP contribution in [0.25, 0.3) is 0 Å². The quantitative estimate of drug-likeness (QED) is 0.461. The van der Waals surface area contributed by atoms with Gasteiger partial charge in [-0.15, -0.1) is 0 Å². The molecule has 0 aliphatic rings. The van der Waals surface area contributed by atoms with Crippen molar-refractivity contribution in [2.45, 2.75) is 64.4 Å².